The molecule has 4 rings (SSSR count). The summed E-state index contributed by atoms with van der Waals surface area (Å²) in [5.41, 5.74) is 4.18. The molecule has 0 unspecified atom stereocenters. The van der Waals surface area contributed by atoms with Crippen molar-refractivity contribution in [2.45, 2.75) is 32.6 Å². The number of fused-ring (bicyclic) bond motifs is 1. The topological polar surface area (TPSA) is 62.2 Å². The van der Waals surface area contributed by atoms with Gasteiger partial charge in [-0.25, -0.2) is 18.3 Å². The summed E-state index contributed by atoms with van der Waals surface area (Å²) in [7, 11) is 2.06. The standard InChI is InChI=1S/C23H25F2N5O/c1-3-4-5-18-14-22(27-23(31)26-19-12-16(24)11-17(25)13-19)30(28-18)20-6-7-21-15(10-20)8-9-29(21)2/h6-7,10-14H,3-5,8-9H2,1-2H3,(H2,26,27,31). The molecule has 2 amide bonds. The number of unbranched alkanes of at least 4 members (excludes halogenated alkanes) is 1. The van der Waals surface area contributed by atoms with Gasteiger partial charge in [-0.1, -0.05) is 13.3 Å². The molecule has 0 saturated heterocycles. The summed E-state index contributed by atoms with van der Waals surface area (Å²) >= 11 is 0. The van der Waals surface area contributed by atoms with E-state index in [9.17, 15) is 13.6 Å². The third-order valence-corrected chi connectivity index (χ3v) is 5.34. The number of urea groups is 1. The third-order valence-electron chi connectivity index (χ3n) is 5.34. The molecule has 1 aliphatic heterocycles. The molecule has 0 saturated carbocycles. The molecule has 1 aromatic heterocycles. The Hall–Kier alpha value is -3.42. The smallest absolute Gasteiger partial charge is 0.324 e. The number of halogens is 2. The quantitative estimate of drug-likeness (QED) is 0.576. The van der Waals surface area contributed by atoms with Crippen molar-refractivity contribution in [3.05, 3.63) is 65.4 Å². The summed E-state index contributed by atoms with van der Waals surface area (Å²) in [5.74, 6) is -1.03. The molecule has 162 valence electrons. The number of hydrogen-bond donors (Lipinski definition) is 2. The Morgan fingerprint density at radius 1 is 1.10 bits per heavy atom. The van der Waals surface area contributed by atoms with Crippen molar-refractivity contribution in [2.24, 2.45) is 0 Å². The second-order valence-corrected chi connectivity index (χ2v) is 7.76. The summed E-state index contributed by atoms with van der Waals surface area (Å²) < 4.78 is 28.5. The van der Waals surface area contributed by atoms with E-state index in [4.69, 9.17) is 5.10 Å². The average molecular weight is 425 g/mol. The van der Waals surface area contributed by atoms with Crippen molar-refractivity contribution in [1.29, 1.82) is 0 Å². The lowest BCUT2D eigenvalue weighted by molar-refractivity contribution is 0.262. The van der Waals surface area contributed by atoms with Crippen LogP contribution in [-0.2, 0) is 12.8 Å². The first-order valence-electron chi connectivity index (χ1n) is 10.4. The maximum absolute atomic E-state index is 13.4. The highest BCUT2D eigenvalue weighted by atomic mass is 19.1. The van der Waals surface area contributed by atoms with Gasteiger partial charge in [0.05, 0.1) is 11.4 Å². The molecule has 3 aromatic rings. The molecule has 1 aliphatic rings. The van der Waals surface area contributed by atoms with E-state index >= 15 is 0 Å². The largest absolute Gasteiger partial charge is 0.374 e. The molecular weight excluding hydrogens is 400 g/mol. The minimum absolute atomic E-state index is 0.0350. The number of rotatable bonds is 6. The molecule has 0 spiro atoms. The van der Waals surface area contributed by atoms with E-state index < -0.39 is 17.7 Å². The zero-order chi connectivity index (χ0) is 22.0. The van der Waals surface area contributed by atoms with Crippen LogP contribution >= 0.6 is 0 Å². The first-order valence-corrected chi connectivity index (χ1v) is 10.4. The van der Waals surface area contributed by atoms with Gasteiger partial charge in [-0.2, -0.15) is 5.10 Å². The molecule has 0 radical (unpaired) electrons. The van der Waals surface area contributed by atoms with Crippen LogP contribution in [0, 0.1) is 11.6 Å². The molecule has 6 nitrogen and oxygen atoms in total. The van der Waals surface area contributed by atoms with Gasteiger partial charge in [-0.05, 0) is 55.2 Å². The van der Waals surface area contributed by atoms with Crippen molar-refractivity contribution in [2.75, 3.05) is 29.1 Å². The summed E-state index contributed by atoms with van der Waals surface area (Å²) in [4.78, 5) is 14.7. The minimum atomic E-state index is -0.759. The number of aromatic nitrogens is 2. The van der Waals surface area contributed by atoms with E-state index in [1.807, 2.05) is 12.1 Å². The van der Waals surface area contributed by atoms with Crippen LogP contribution in [0.1, 0.15) is 31.0 Å². The van der Waals surface area contributed by atoms with Gasteiger partial charge in [0.25, 0.3) is 0 Å². The monoisotopic (exact) mass is 425 g/mol. The number of carbonyl (C=O) groups excluding carboxylic acids is 1. The fourth-order valence-electron chi connectivity index (χ4n) is 3.79. The van der Waals surface area contributed by atoms with E-state index in [2.05, 4.69) is 41.6 Å². The number of anilines is 3. The number of amides is 2. The van der Waals surface area contributed by atoms with Crippen LogP contribution in [-0.4, -0.2) is 29.4 Å². The first-order chi connectivity index (χ1) is 14.9. The molecular formula is C23H25F2N5O. The lowest BCUT2D eigenvalue weighted by Crippen LogP contribution is -2.21. The Balaban J connectivity index is 1.60. The second-order valence-electron chi connectivity index (χ2n) is 7.76. The molecule has 31 heavy (non-hydrogen) atoms. The highest BCUT2D eigenvalue weighted by molar-refractivity contribution is 5.99. The van der Waals surface area contributed by atoms with Gasteiger partial charge in [-0.3, -0.25) is 5.32 Å². The second kappa shape index (κ2) is 8.75. The van der Waals surface area contributed by atoms with Crippen LogP contribution in [0.2, 0.25) is 0 Å². The summed E-state index contributed by atoms with van der Waals surface area (Å²) in [6.45, 7) is 3.08. The Kier molecular flexibility index (Phi) is 5.88. The van der Waals surface area contributed by atoms with Crippen molar-refractivity contribution in [3.63, 3.8) is 0 Å². The molecule has 0 aliphatic carbocycles. The van der Waals surface area contributed by atoms with Gasteiger partial charge in [-0.15, -0.1) is 0 Å². The van der Waals surface area contributed by atoms with Crippen LogP contribution in [0.15, 0.2) is 42.5 Å². The maximum atomic E-state index is 13.4. The highest BCUT2D eigenvalue weighted by Crippen LogP contribution is 2.30. The van der Waals surface area contributed by atoms with Crippen LogP contribution in [0.4, 0.5) is 30.8 Å². The number of hydrogen-bond acceptors (Lipinski definition) is 3. The fraction of sp³-hybridized carbons (Fsp3) is 0.304. The van der Waals surface area contributed by atoms with Gasteiger partial charge in [0.2, 0.25) is 0 Å². The Labute approximate surface area is 179 Å². The molecule has 0 fully saturated rings. The average Bonchev–Trinajstić information content (AvgIpc) is 3.28. The summed E-state index contributed by atoms with van der Waals surface area (Å²) in [5, 5.41) is 9.93. The number of nitrogens with one attached hydrogen (secondary N) is 2. The van der Waals surface area contributed by atoms with E-state index in [1.54, 1.807) is 4.68 Å². The van der Waals surface area contributed by atoms with Crippen LogP contribution in [0.5, 0.6) is 0 Å². The molecule has 2 N–H and O–H groups in total. The minimum Gasteiger partial charge on any atom is -0.374 e. The van der Waals surface area contributed by atoms with E-state index in [1.165, 1.54) is 11.3 Å². The number of benzene rings is 2. The first kappa shape index (κ1) is 20.8. The van der Waals surface area contributed by atoms with Gasteiger partial charge in [0, 0.05) is 37.1 Å². The highest BCUT2D eigenvalue weighted by Gasteiger charge is 2.18. The molecule has 2 heterocycles. The van der Waals surface area contributed by atoms with E-state index in [-0.39, 0.29) is 5.69 Å². The lowest BCUT2D eigenvalue weighted by atomic mass is 10.1. The fourth-order valence-corrected chi connectivity index (χ4v) is 3.79. The zero-order valence-corrected chi connectivity index (χ0v) is 17.6. The predicted molar refractivity (Wildman–Crippen MR) is 118 cm³/mol. The zero-order valence-electron chi connectivity index (χ0n) is 17.6. The molecule has 0 atom stereocenters. The third kappa shape index (κ3) is 4.68. The van der Waals surface area contributed by atoms with Crippen LogP contribution < -0.4 is 15.5 Å². The number of aryl methyl sites for hydroxylation is 1. The number of nitrogens with zero attached hydrogens (tertiary/aromatic N) is 3. The van der Waals surface area contributed by atoms with Crippen molar-refractivity contribution in [3.8, 4) is 5.69 Å². The Bertz CT molecular complexity index is 1090. The maximum Gasteiger partial charge on any atom is 0.324 e. The van der Waals surface area contributed by atoms with Crippen molar-refractivity contribution >= 4 is 23.2 Å². The van der Waals surface area contributed by atoms with Crippen molar-refractivity contribution in [1.82, 2.24) is 9.78 Å². The summed E-state index contributed by atoms with van der Waals surface area (Å²) in [6, 6.07) is 10.2. The van der Waals surface area contributed by atoms with Crippen LogP contribution in [0.3, 0.4) is 0 Å². The summed E-state index contributed by atoms with van der Waals surface area (Å²) in [6.07, 6.45) is 3.77. The van der Waals surface area contributed by atoms with Crippen molar-refractivity contribution < 1.29 is 13.6 Å². The predicted octanol–water partition coefficient (Wildman–Crippen LogP) is 5.13. The van der Waals surface area contributed by atoms with Gasteiger partial charge in [0.1, 0.15) is 17.5 Å². The van der Waals surface area contributed by atoms with Gasteiger partial charge >= 0.3 is 6.03 Å². The number of carbonyl (C=O) groups is 1. The van der Waals surface area contributed by atoms with Gasteiger partial charge in [0.15, 0.2) is 0 Å². The van der Waals surface area contributed by atoms with Crippen LogP contribution in [0.25, 0.3) is 5.69 Å². The number of likely N-dealkylation sites (N-methyl/N-ethyl adjacent to an activating group) is 1. The normalized spacial score (nSPS) is 12.7. The Morgan fingerprint density at radius 2 is 1.87 bits per heavy atom. The molecule has 8 heteroatoms. The molecule has 0 bridgehead atoms. The van der Waals surface area contributed by atoms with E-state index in [0.717, 1.165) is 61.8 Å². The lowest BCUT2D eigenvalue weighted by Gasteiger charge is -2.14. The van der Waals surface area contributed by atoms with E-state index in [0.29, 0.717) is 5.82 Å². The SMILES string of the molecule is CCCCc1cc(NC(=O)Nc2cc(F)cc(F)c2)n(-c2ccc3c(c2)CCN3C)n1. The Morgan fingerprint density at radius 3 is 2.61 bits per heavy atom. The van der Waals surface area contributed by atoms with Gasteiger partial charge < -0.3 is 10.2 Å². The molecule has 2 aromatic carbocycles.